The average molecular weight is 535 g/mol. The van der Waals surface area contributed by atoms with Gasteiger partial charge in [0.2, 0.25) is 0 Å². The van der Waals surface area contributed by atoms with Crippen molar-refractivity contribution in [3.8, 4) is 11.5 Å². The maximum Gasteiger partial charge on any atom is 0.267 e. The highest BCUT2D eigenvalue weighted by Gasteiger charge is 2.33. The van der Waals surface area contributed by atoms with E-state index in [1.165, 1.54) is 11.8 Å². The van der Waals surface area contributed by atoms with E-state index in [4.69, 9.17) is 14.5 Å². The van der Waals surface area contributed by atoms with Crippen LogP contribution in [0.1, 0.15) is 29.2 Å². The summed E-state index contributed by atoms with van der Waals surface area (Å²) < 4.78 is 11.9. The van der Waals surface area contributed by atoms with Crippen LogP contribution in [0.4, 0.5) is 0 Å². The fraction of sp³-hybridized carbons (Fsp3) is 0.152. The number of hydrogen-bond acceptors (Lipinski definition) is 5. The second-order valence-electron chi connectivity index (χ2n) is 8.99. The molecule has 1 amide bonds. The van der Waals surface area contributed by atoms with Crippen molar-refractivity contribution >= 4 is 28.9 Å². The predicted molar refractivity (Wildman–Crippen MR) is 159 cm³/mol. The minimum absolute atomic E-state index is 0.0574. The molecular formula is C33H30N2O3S. The van der Waals surface area contributed by atoms with Gasteiger partial charge in [-0.05, 0) is 59.1 Å². The Bertz CT molecular complexity index is 1450. The summed E-state index contributed by atoms with van der Waals surface area (Å²) in [4.78, 5) is 20.8. The van der Waals surface area contributed by atoms with Crippen molar-refractivity contribution in [3.63, 3.8) is 0 Å². The van der Waals surface area contributed by atoms with Crippen molar-refractivity contribution in [1.82, 2.24) is 4.90 Å². The largest absolute Gasteiger partial charge is 0.490 e. The van der Waals surface area contributed by atoms with E-state index in [0.717, 1.165) is 22.3 Å². The van der Waals surface area contributed by atoms with Crippen LogP contribution in [0.25, 0.3) is 6.08 Å². The molecule has 0 atom stereocenters. The Morgan fingerprint density at radius 1 is 0.769 bits per heavy atom. The van der Waals surface area contributed by atoms with Crippen molar-refractivity contribution in [2.24, 2.45) is 4.99 Å². The lowest BCUT2D eigenvalue weighted by Gasteiger charge is -2.15. The number of hydrogen-bond donors (Lipinski definition) is 0. The smallest absolute Gasteiger partial charge is 0.267 e. The van der Waals surface area contributed by atoms with Crippen LogP contribution in [0.2, 0.25) is 0 Å². The molecule has 4 aromatic carbocycles. The molecule has 1 saturated heterocycles. The Morgan fingerprint density at radius 3 is 2.08 bits per heavy atom. The Labute approximate surface area is 233 Å². The molecule has 0 bridgehead atoms. The van der Waals surface area contributed by atoms with Gasteiger partial charge in [-0.15, -0.1) is 0 Å². The van der Waals surface area contributed by atoms with Gasteiger partial charge >= 0.3 is 0 Å². The molecule has 1 heterocycles. The Kier molecular flexibility index (Phi) is 8.76. The number of thioether (sulfide) groups is 1. The van der Waals surface area contributed by atoms with Crippen LogP contribution in [0.15, 0.2) is 119 Å². The van der Waals surface area contributed by atoms with Crippen molar-refractivity contribution in [2.45, 2.75) is 26.6 Å². The molecular weight excluding hydrogens is 504 g/mol. The maximum absolute atomic E-state index is 13.6. The van der Waals surface area contributed by atoms with Crippen LogP contribution in [-0.4, -0.2) is 22.6 Å². The molecule has 0 unspecified atom stereocenters. The summed E-state index contributed by atoms with van der Waals surface area (Å²) in [6.07, 6.45) is 1.90. The molecule has 1 aliphatic heterocycles. The van der Waals surface area contributed by atoms with Crippen molar-refractivity contribution in [2.75, 3.05) is 6.61 Å². The van der Waals surface area contributed by atoms with Gasteiger partial charge in [0, 0.05) is 0 Å². The first kappa shape index (κ1) is 26.3. The number of ether oxygens (including phenoxy) is 2. The third-order valence-electron chi connectivity index (χ3n) is 6.11. The third kappa shape index (κ3) is 6.98. The van der Waals surface area contributed by atoms with Gasteiger partial charge < -0.3 is 9.47 Å². The number of rotatable bonds is 10. The van der Waals surface area contributed by atoms with Gasteiger partial charge in [0.15, 0.2) is 16.7 Å². The summed E-state index contributed by atoms with van der Waals surface area (Å²) in [5.74, 6) is 1.26. The first-order valence-corrected chi connectivity index (χ1v) is 13.8. The zero-order valence-electron chi connectivity index (χ0n) is 21.8. The van der Waals surface area contributed by atoms with E-state index in [2.05, 4.69) is 0 Å². The standard InChI is InChI=1S/C33H30N2O3S/c1-2-37-30-20-28(18-19-29(30)38-24-27-16-10-5-11-17-27)21-31-32(36)35(23-26-14-8-4-9-15-26)33(39-31)34-22-25-12-6-3-7-13-25/h3-21H,2,22-24H2,1H3/b31-21-,34-33?. The predicted octanol–water partition coefficient (Wildman–Crippen LogP) is 7.34. The molecule has 0 aliphatic carbocycles. The number of amidine groups is 1. The highest BCUT2D eigenvalue weighted by atomic mass is 32.2. The molecule has 0 spiro atoms. The number of aliphatic imine (C=N–C) groups is 1. The topological polar surface area (TPSA) is 51.1 Å². The number of carbonyl (C=O) groups excluding carboxylic acids is 1. The van der Waals surface area contributed by atoms with Gasteiger partial charge in [-0.3, -0.25) is 14.7 Å². The molecule has 39 heavy (non-hydrogen) atoms. The molecule has 0 radical (unpaired) electrons. The lowest BCUT2D eigenvalue weighted by molar-refractivity contribution is -0.122. The molecule has 0 aromatic heterocycles. The Morgan fingerprint density at radius 2 is 1.41 bits per heavy atom. The molecule has 196 valence electrons. The van der Waals surface area contributed by atoms with E-state index in [9.17, 15) is 4.79 Å². The molecule has 5 rings (SSSR count). The summed E-state index contributed by atoms with van der Waals surface area (Å²) in [6.45, 7) is 3.88. The van der Waals surface area contributed by atoms with Crippen LogP contribution in [0.5, 0.6) is 11.5 Å². The van der Waals surface area contributed by atoms with Crippen molar-refractivity contribution < 1.29 is 14.3 Å². The van der Waals surface area contributed by atoms with E-state index < -0.39 is 0 Å². The van der Waals surface area contributed by atoms with Crippen LogP contribution in [0, 0.1) is 0 Å². The first-order chi connectivity index (χ1) is 19.2. The maximum atomic E-state index is 13.6. The van der Waals surface area contributed by atoms with E-state index >= 15 is 0 Å². The summed E-state index contributed by atoms with van der Waals surface area (Å²) in [6, 6.07) is 35.9. The van der Waals surface area contributed by atoms with Crippen LogP contribution < -0.4 is 9.47 Å². The molecule has 1 aliphatic rings. The Hall–Kier alpha value is -4.29. The van der Waals surface area contributed by atoms with Gasteiger partial charge in [0.25, 0.3) is 5.91 Å². The van der Waals surface area contributed by atoms with Gasteiger partial charge in [-0.25, -0.2) is 0 Å². The van der Waals surface area contributed by atoms with Crippen LogP contribution in [-0.2, 0) is 24.5 Å². The second-order valence-corrected chi connectivity index (χ2v) is 9.99. The fourth-order valence-corrected chi connectivity index (χ4v) is 5.14. The van der Waals surface area contributed by atoms with E-state index in [0.29, 0.717) is 47.9 Å². The minimum atomic E-state index is -0.0574. The zero-order valence-corrected chi connectivity index (χ0v) is 22.6. The van der Waals surface area contributed by atoms with E-state index in [-0.39, 0.29) is 5.91 Å². The van der Waals surface area contributed by atoms with Gasteiger partial charge in [-0.2, -0.15) is 0 Å². The highest BCUT2D eigenvalue weighted by molar-refractivity contribution is 8.18. The fourth-order valence-electron chi connectivity index (χ4n) is 4.16. The van der Waals surface area contributed by atoms with Crippen molar-refractivity contribution in [3.05, 3.63) is 136 Å². The SMILES string of the molecule is CCOc1cc(/C=C2\SC(=NCc3ccccc3)N(Cc3ccccc3)C2=O)ccc1OCc1ccccc1. The third-order valence-corrected chi connectivity index (χ3v) is 7.16. The molecule has 4 aromatic rings. The zero-order chi connectivity index (χ0) is 26.9. The average Bonchev–Trinajstić information content (AvgIpc) is 3.26. The number of nitrogens with zero attached hydrogens (tertiary/aromatic N) is 2. The number of amides is 1. The molecule has 5 nitrogen and oxygen atoms in total. The van der Waals surface area contributed by atoms with Crippen LogP contribution in [0.3, 0.4) is 0 Å². The molecule has 6 heteroatoms. The van der Waals surface area contributed by atoms with Gasteiger partial charge in [0.1, 0.15) is 6.61 Å². The highest BCUT2D eigenvalue weighted by Crippen LogP contribution is 2.36. The normalized spacial score (nSPS) is 15.2. The first-order valence-electron chi connectivity index (χ1n) is 13.0. The van der Waals surface area contributed by atoms with Gasteiger partial charge in [-0.1, -0.05) is 97.1 Å². The summed E-state index contributed by atoms with van der Waals surface area (Å²) in [5.41, 5.74) is 4.10. The number of carbonyl (C=O) groups is 1. The van der Waals surface area contributed by atoms with Crippen molar-refractivity contribution in [1.29, 1.82) is 0 Å². The minimum Gasteiger partial charge on any atom is -0.490 e. The lowest BCUT2D eigenvalue weighted by atomic mass is 10.1. The molecule has 1 fully saturated rings. The van der Waals surface area contributed by atoms with E-state index in [1.807, 2.05) is 122 Å². The molecule has 0 N–H and O–H groups in total. The summed E-state index contributed by atoms with van der Waals surface area (Å²) in [7, 11) is 0. The Balaban J connectivity index is 1.39. The van der Waals surface area contributed by atoms with Crippen LogP contribution >= 0.6 is 11.8 Å². The van der Waals surface area contributed by atoms with Gasteiger partial charge in [0.05, 0.1) is 24.6 Å². The lowest BCUT2D eigenvalue weighted by Crippen LogP contribution is -2.28. The quantitative estimate of drug-likeness (QED) is 0.200. The monoisotopic (exact) mass is 534 g/mol. The van der Waals surface area contributed by atoms with E-state index in [1.54, 1.807) is 4.90 Å². The second kappa shape index (κ2) is 13.0. The number of benzene rings is 4. The summed E-state index contributed by atoms with van der Waals surface area (Å²) >= 11 is 1.41. The summed E-state index contributed by atoms with van der Waals surface area (Å²) in [5, 5.41) is 0.701. The molecule has 0 saturated carbocycles.